The normalized spacial score (nSPS) is 10.4. The molecule has 0 atom stereocenters. The number of rotatable bonds is 4. The van der Waals surface area contributed by atoms with E-state index < -0.39 is 4.92 Å². The van der Waals surface area contributed by atoms with Crippen molar-refractivity contribution in [2.24, 2.45) is 0 Å². The van der Waals surface area contributed by atoms with Crippen LogP contribution in [-0.2, 0) is 6.54 Å². The molecule has 23 heavy (non-hydrogen) atoms. The molecule has 0 fully saturated rings. The van der Waals surface area contributed by atoms with E-state index in [1.54, 1.807) is 6.07 Å². The van der Waals surface area contributed by atoms with Crippen LogP contribution in [0.25, 0.3) is 10.2 Å². The Morgan fingerprint density at radius 1 is 1.26 bits per heavy atom. The van der Waals surface area contributed by atoms with E-state index in [4.69, 9.17) is 12.2 Å². The van der Waals surface area contributed by atoms with E-state index in [1.807, 2.05) is 30.3 Å². The van der Waals surface area contributed by atoms with Gasteiger partial charge in [-0.1, -0.05) is 41.7 Å². The Hall–Kier alpha value is -2.58. The maximum absolute atomic E-state index is 10.8. The Kier molecular flexibility index (Phi) is 4.45. The van der Waals surface area contributed by atoms with Gasteiger partial charge in [0, 0.05) is 18.7 Å². The van der Waals surface area contributed by atoms with Crippen LogP contribution in [0.4, 0.5) is 10.8 Å². The van der Waals surface area contributed by atoms with Gasteiger partial charge >= 0.3 is 0 Å². The molecular weight excluding hydrogens is 332 g/mol. The SMILES string of the molecule is O=[N+]([O-])c1ccc2nc(NC(=S)NCc3ccccc3)sc2c1. The number of nitro benzene ring substituents is 1. The van der Waals surface area contributed by atoms with Crippen molar-refractivity contribution in [2.75, 3.05) is 5.32 Å². The number of benzene rings is 2. The molecule has 1 heterocycles. The minimum absolute atomic E-state index is 0.0532. The van der Waals surface area contributed by atoms with E-state index in [-0.39, 0.29) is 5.69 Å². The maximum atomic E-state index is 10.8. The fraction of sp³-hybridized carbons (Fsp3) is 0.0667. The fourth-order valence-electron chi connectivity index (χ4n) is 2.00. The number of fused-ring (bicyclic) bond motifs is 1. The summed E-state index contributed by atoms with van der Waals surface area (Å²) in [5.74, 6) is 0. The predicted octanol–water partition coefficient (Wildman–Crippen LogP) is 3.69. The Balaban J connectivity index is 1.66. The average Bonchev–Trinajstić information content (AvgIpc) is 2.95. The number of thiocarbonyl (C=S) groups is 1. The van der Waals surface area contributed by atoms with Gasteiger partial charge in [-0.05, 0) is 23.8 Å². The van der Waals surface area contributed by atoms with Crippen LogP contribution in [0.15, 0.2) is 48.5 Å². The number of nitro groups is 1. The molecule has 2 aromatic carbocycles. The molecule has 0 aliphatic carbocycles. The van der Waals surface area contributed by atoms with Gasteiger partial charge in [0.05, 0.1) is 15.1 Å². The lowest BCUT2D eigenvalue weighted by Crippen LogP contribution is -2.27. The highest BCUT2D eigenvalue weighted by Gasteiger charge is 2.10. The van der Waals surface area contributed by atoms with Gasteiger partial charge in [0.25, 0.3) is 5.69 Å². The van der Waals surface area contributed by atoms with Crippen molar-refractivity contribution in [3.63, 3.8) is 0 Å². The second kappa shape index (κ2) is 6.67. The minimum atomic E-state index is -0.418. The molecule has 2 N–H and O–H groups in total. The van der Waals surface area contributed by atoms with Crippen LogP contribution in [0.1, 0.15) is 5.56 Å². The highest BCUT2D eigenvalue weighted by Crippen LogP contribution is 2.29. The van der Waals surface area contributed by atoms with E-state index in [9.17, 15) is 10.1 Å². The van der Waals surface area contributed by atoms with Crippen molar-refractivity contribution in [1.29, 1.82) is 0 Å². The Labute approximate surface area is 141 Å². The second-order valence-corrected chi connectivity index (χ2v) is 6.16. The van der Waals surface area contributed by atoms with Crippen molar-refractivity contribution in [3.8, 4) is 0 Å². The molecule has 0 spiro atoms. The summed E-state index contributed by atoms with van der Waals surface area (Å²) in [5.41, 5.74) is 1.88. The van der Waals surface area contributed by atoms with Crippen LogP contribution in [0.3, 0.4) is 0 Å². The molecule has 3 rings (SSSR count). The van der Waals surface area contributed by atoms with Crippen LogP contribution in [0.2, 0.25) is 0 Å². The molecule has 0 aliphatic heterocycles. The van der Waals surface area contributed by atoms with Crippen molar-refractivity contribution in [1.82, 2.24) is 10.3 Å². The van der Waals surface area contributed by atoms with Crippen molar-refractivity contribution >= 4 is 49.7 Å². The van der Waals surface area contributed by atoms with E-state index in [2.05, 4.69) is 15.6 Å². The molecule has 0 aliphatic rings. The number of non-ortho nitro benzene ring substituents is 1. The molecule has 8 heteroatoms. The summed E-state index contributed by atoms with van der Waals surface area (Å²) in [7, 11) is 0. The first-order valence-electron chi connectivity index (χ1n) is 6.75. The van der Waals surface area contributed by atoms with Crippen LogP contribution >= 0.6 is 23.6 Å². The van der Waals surface area contributed by atoms with Gasteiger partial charge in [-0.15, -0.1) is 0 Å². The van der Waals surface area contributed by atoms with Crippen LogP contribution in [0.5, 0.6) is 0 Å². The molecule has 0 bridgehead atoms. The third-order valence-corrected chi connectivity index (χ3v) is 4.28. The third kappa shape index (κ3) is 3.79. The molecule has 0 unspecified atom stereocenters. The number of anilines is 1. The summed E-state index contributed by atoms with van der Waals surface area (Å²) < 4.78 is 0.743. The van der Waals surface area contributed by atoms with Gasteiger partial charge in [-0.2, -0.15) is 0 Å². The number of aromatic nitrogens is 1. The summed E-state index contributed by atoms with van der Waals surface area (Å²) in [5, 5.41) is 18.0. The Morgan fingerprint density at radius 2 is 2.04 bits per heavy atom. The lowest BCUT2D eigenvalue weighted by Gasteiger charge is -2.07. The first-order valence-corrected chi connectivity index (χ1v) is 7.98. The first-order chi connectivity index (χ1) is 11.1. The number of hydrogen-bond acceptors (Lipinski definition) is 5. The molecule has 0 amide bonds. The first kappa shape index (κ1) is 15.3. The molecule has 116 valence electrons. The zero-order valence-electron chi connectivity index (χ0n) is 11.9. The Bertz CT molecular complexity index is 864. The quantitative estimate of drug-likeness (QED) is 0.427. The lowest BCUT2D eigenvalue weighted by atomic mass is 10.2. The van der Waals surface area contributed by atoms with Crippen molar-refractivity contribution in [2.45, 2.75) is 6.54 Å². The van der Waals surface area contributed by atoms with Crippen molar-refractivity contribution in [3.05, 3.63) is 64.2 Å². The predicted molar refractivity (Wildman–Crippen MR) is 95.8 cm³/mol. The topological polar surface area (TPSA) is 80.1 Å². The summed E-state index contributed by atoms with van der Waals surface area (Å²) in [6.45, 7) is 0.614. The molecular formula is C15H12N4O2S2. The van der Waals surface area contributed by atoms with E-state index in [0.29, 0.717) is 22.3 Å². The van der Waals surface area contributed by atoms with E-state index in [1.165, 1.54) is 23.5 Å². The third-order valence-electron chi connectivity index (χ3n) is 3.10. The van der Waals surface area contributed by atoms with Crippen LogP contribution < -0.4 is 10.6 Å². The second-order valence-electron chi connectivity index (χ2n) is 4.72. The molecule has 6 nitrogen and oxygen atoms in total. The summed E-state index contributed by atoms with van der Waals surface area (Å²) in [6.07, 6.45) is 0. The fourth-order valence-corrected chi connectivity index (χ4v) is 3.14. The summed E-state index contributed by atoms with van der Waals surface area (Å²) in [6, 6.07) is 14.5. The highest BCUT2D eigenvalue weighted by molar-refractivity contribution is 7.80. The smallest absolute Gasteiger partial charge is 0.270 e. The number of hydrogen-bond donors (Lipinski definition) is 2. The minimum Gasteiger partial charge on any atom is -0.358 e. The summed E-state index contributed by atoms with van der Waals surface area (Å²) >= 11 is 6.57. The maximum Gasteiger partial charge on any atom is 0.270 e. The van der Waals surface area contributed by atoms with Gasteiger partial charge < -0.3 is 10.6 Å². The van der Waals surface area contributed by atoms with Crippen molar-refractivity contribution < 1.29 is 4.92 Å². The van der Waals surface area contributed by atoms with Gasteiger partial charge in [0.15, 0.2) is 10.2 Å². The summed E-state index contributed by atoms with van der Waals surface area (Å²) in [4.78, 5) is 14.7. The molecule has 0 radical (unpaired) electrons. The van der Waals surface area contributed by atoms with Crippen LogP contribution in [-0.4, -0.2) is 15.0 Å². The lowest BCUT2D eigenvalue weighted by molar-refractivity contribution is -0.384. The van der Waals surface area contributed by atoms with E-state index >= 15 is 0 Å². The van der Waals surface area contributed by atoms with E-state index in [0.717, 1.165) is 10.3 Å². The van der Waals surface area contributed by atoms with Gasteiger partial charge in [0.1, 0.15) is 0 Å². The van der Waals surface area contributed by atoms with Gasteiger partial charge in [0.2, 0.25) is 0 Å². The average molecular weight is 344 g/mol. The van der Waals surface area contributed by atoms with Crippen LogP contribution in [0, 0.1) is 10.1 Å². The standard InChI is InChI=1S/C15H12N4O2S2/c20-19(21)11-6-7-12-13(8-11)23-15(17-12)18-14(22)16-9-10-4-2-1-3-5-10/h1-8H,9H2,(H2,16,17,18,22). The molecule has 3 aromatic rings. The molecule has 1 aromatic heterocycles. The zero-order chi connectivity index (χ0) is 16.2. The van der Waals surface area contributed by atoms with Gasteiger partial charge in [-0.25, -0.2) is 4.98 Å². The number of nitrogens with one attached hydrogen (secondary N) is 2. The largest absolute Gasteiger partial charge is 0.358 e. The number of thiazole rings is 1. The highest BCUT2D eigenvalue weighted by atomic mass is 32.1. The molecule has 0 saturated heterocycles. The Morgan fingerprint density at radius 3 is 2.78 bits per heavy atom. The number of nitrogens with zero attached hydrogens (tertiary/aromatic N) is 2. The monoisotopic (exact) mass is 344 g/mol. The van der Waals surface area contributed by atoms with Gasteiger partial charge in [-0.3, -0.25) is 10.1 Å². The molecule has 0 saturated carbocycles. The zero-order valence-corrected chi connectivity index (χ0v) is 13.5.